The van der Waals surface area contributed by atoms with Crippen molar-refractivity contribution < 1.29 is 13.2 Å². The van der Waals surface area contributed by atoms with Crippen molar-refractivity contribution in [2.45, 2.75) is 6.18 Å². The van der Waals surface area contributed by atoms with Crippen molar-refractivity contribution in [3.63, 3.8) is 0 Å². The van der Waals surface area contributed by atoms with Gasteiger partial charge in [-0.1, -0.05) is 23.2 Å². The fourth-order valence-corrected chi connectivity index (χ4v) is 1.93. The lowest BCUT2D eigenvalue weighted by Crippen LogP contribution is -2.07. The van der Waals surface area contributed by atoms with Crippen LogP contribution in [0.15, 0.2) is 30.3 Å². The molecule has 0 spiro atoms. The number of nitrogens with zero attached hydrogens (tertiary/aromatic N) is 1. The second-order valence-electron chi connectivity index (χ2n) is 3.79. The number of aromatic nitrogens is 1. The predicted octanol–water partition coefficient (Wildman–Crippen LogP) is 4.66. The van der Waals surface area contributed by atoms with Gasteiger partial charge >= 0.3 is 6.18 Å². The monoisotopic (exact) mass is 306 g/mol. The summed E-state index contributed by atoms with van der Waals surface area (Å²) in [7, 11) is 0. The highest BCUT2D eigenvalue weighted by atomic mass is 35.5. The minimum Gasteiger partial charge on any atom is -0.384 e. The van der Waals surface area contributed by atoms with Gasteiger partial charge in [-0.25, -0.2) is 4.98 Å². The van der Waals surface area contributed by atoms with E-state index in [1.807, 2.05) is 0 Å². The molecular formula is C12H7Cl2F3N2. The van der Waals surface area contributed by atoms with Crippen LogP contribution in [0, 0.1) is 0 Å². The third-order valence-electron chi connectivity index (χ3n) is 2.38. The summed E-state index contributed by atoms with van der Waals surface area (Å²) in [5.74, 6) is -0.235. The van der Waals surface area contributed by atoms with Crippen LogP contribution in [0.3, 0.4) is 0 Å². The molecule has 0 aliphatic heterocycles. The van der Waals surface area contributed by atoms with Crippen molar-refractivity contribution in [3.05, 3.63) is 45.9 Å². The Labute approximate surface area is 117 Å². The van der Waals surface area contributed by atoms with E-state index in [4.69, 9.17) is 28.9 Å². The average Bonchev–Trinajstić information content (AvgIpc) is 2.30. The second-order valence-corrected chi connectivity index (χ2v) is 4.63. The van der Waals surface area contributed by atoms with Gasteiger partial charge in [-0.05, 0) is 30.3 Å². The smallest absolute Gasteiger partial charge is 0.384 e. The molecule has 0 amide bonds. The maximum Gasteiger partial charge on any atom is 0.416 e. The molecule has 2 N–H and O–H groups in total. The Balaban J connectivity index is 2.63. The zero-order valence-corrected chi connectivity index (χ0v) is 10.8. The normalized spacial score (nSPS) is 11.6. The van der Waals surface area contributed by atoms with E-state index >= 15 is 0 Å². The van der Waals surface area contributed by atoms with E-state index < -0.39 is 11.7 Å². The predicted molar refractivity (Wildman–Crippen MR) is 69.1 cm³/mol. The minimum absolute atomic E-state index is 0.0276. The van der Waals surface area contributed by atoms with Gasteiger partial charge in [0.25, 0.3) is 0 Å². The molecule has 0 aliphatic rings. The van der Waals surface area contributed by atoms with Crippen LogP contribution in [0.4, 0.5) is 19.0 Å². The molecule has 2 nitrogen and oxygen atoms in total. The number of hydrogen-bond donors (Lipinski definition) is 1. The highest BCUT2D eigenvalue weighted by Gasteiger charge is 2.31. The zero-order valence-electron chi connectivity index (χ0n) is 9.30. The molecule has 100 valence electrons. The van der Waals surface area contributed by atoms with Crippen LogP contribution in [-0.4, -0.2) is 4.98 Å². The second kappa shape index (κ2) is 4.90. The summed E-state index contributed by atoms with van der Waals surface area (Å²) in [6.07, 6.45) is -4.50. The first kappa shape index (κ1) is 14.0. The van der Waals surface area contributed by atoms with Crippen molar-refractivity contribution in [2.75, 3.05) is 5.73 Å². The lowest BCUT2D eigenvalue weighted by Gasteiger charge is -2.11. The lowest BCUT2D eigenvalue weighted by atomic mass is 10.1. The van der Waals surface area contributed by atoms with Gasteiger partial charge in [0.05, 0.1) is 16.3 Å². The van der Waals surface area contributed by atoms with Crippen LogP contribution >= 0.6 is 23.2 Å². The zero-order chi connectivity index (χ0) is 14.2. The Kier molecular flexibility index (Phi) is 3.60. The van der Waals surface area contributed by atoms with Crippen LogP contribution in [0.5, 0.6) is 0 Å². The summed E-state index contributed by atoms with van der Waals surface area (Å²) >= 11 is 11.7. The molecule has 0 bridgehead atoms. The first-order valence-corrected chi connectivity index (χ1v) is 5.83. The molecule has 0 aliphatic carbocycles. The Morgan fingerprint density at radius 3 is 2.37 bits per heavy atom. The fourth-order valence-electron chi connectivity index (χ4n) is 1.55. The average molecular weight is 307 g/mol. The molecule has 0 fully saturated rings. The van der Waals surface area contributed by atoms with Gasteiger partial charge in [-0.3, -0.25) is 0 Å². The highest BCUT2D eigenvalue weighted by Crippen LogP contribution is 2.35. The van der Waals surface area contributed by atoms with Gasteiger partial charge in [-0.2, -0.15) is 13.2 Å². The van der Waals surface area contributed by atoms with E-state index in [9.17, 15) is 13.2 Å². The molecule has 0 saturated heterocycles. The molecule has 0 radical (unpaired) electrons. The van der Waals surface area contributed by atoms with Gasteiger partial charge < -0.3 is 5.73 Å². The number of rotatable bonds is 1. The van der Waals surface area contributed by atoms with Gasteiger partial charge in [0, 0.05) is 10.6 Å². The number of hydrogen-bond acceptors (Lipinski definition) is 2. The number of pyridine rings is 1. The Bertz CT molecular complexity index is 627. The van der Waals surface area contributed by atoms with Crippen LogP contribution in [0.1, 0.15) is 5.56 Å². The molecule has 1 aromatic carbocycles. The molecule has 0 saturated carbocycles. The van der Waals surface area contributed by atoms with Gasteiger partial charge in [0.1, 0.15) is 5.82 Å². The minimum atomic E-state index is -4.50. The fraction of sp³-hybridized carbons (Fsp3) is 0.0833. The van der Waals surface area contributed by atoms with Crippen LogP contribution in [0.25, 0.3) is 11.3 Å². The topological polar surface area (TPSA) is 38.9 Å². The number of nitrogen functional groups attached to an aromatic ring is 1. The third kappa shape index (κ3) is 3.11. The first-order valence-electron chi connectivity index (χ1n) is 5.07. The van der Waals surface area contributed by atoms with Crippen molar-refractivity contribution in [2.24, 2.45) is 0 Å². The summed E-state index contributed by atoms with van der Waals surface area (Å²) < 4.78 is 38.1. The number of halogens is 5. The highest BCUT2D eigenvalue weighted by molar-refractivity contribution is 6.35. The van der Waals surface area contributed by atoms with Crippen LogP contribution in [-0.2, 0) is 6.18 Å². The molecule has 0 unspecified atom stereocenters. The quantitative estimate of drug-likeness (QED) is 0.832. The summed E-state index contributed by atoms with van der Waals surface area (Å²) in [5, 5.41) is 0.591. The number of alkyl halides is 3. The Hall–Kier alpha value is -1.46. The Morgan fingerprint density at radius 2 is 1.74 bits per heavy atom. The maximum absolute atomic E-state index is 12.7. The standard InChI is InChI=1S/C12H7Cl2F3N2/c13-7-1-2-9(14)8(5-7)10-3-6(12(15,16)17)4-11(18)19-10/h1-5H,(H2,18,19). The van der Waals surface area contributed by atoms with E-state index in [-0.39, 0.29) is 16.5 Å². The number of benzene rings is 1. The summed E-state index contributed by atoms with van der Waals surface area (Å²) in [4.78, 5) is 3.85. The number of anilines is 1. The van der Waals surface area contributed by atoms with Crippen molar-refractivity contribution in [3.8, 4) is 11.3 Å². The van der Waals surface area contributed by atoms with E-state index in [1.165, 1.54) is 18.2 Å². The number of nitrogens with two attached hydrogens (primary N) is 1. The lowest BCUT2D eigenvalue weighted by molar-refractivity contribution is -0.137. The van der Waals surface area contributed by atoms with E-state index in [1.54, 1.807) is 0 Å². The van der Waals surface area contributed by atoms with Crippen molar-refractivity contribution in [1.29, 1.82) is 0 Å². The first-order chi connectivity index (χ1) is 8.77. The molecule has 1 aromatic heterocycles. The van der Waals surface area contributed by atoms with Gasteiger partial charge in [-0.15, -0.1) is 0 Å². The molecule has 2 aromatic rings. The summed E-state index contributed by atoms with van der Waals surface area (Å²) in [5.41, 5.74) is 4.84. The largest absolute Gasteiger partial charge is 0.416 e. The molecule has 2 rings (SSSR count). The van der Waals surface area contributed by atoms with E-state index in [0.29, 0.717) is 10.6 Å². The van der Waals surface area contributed by atoms with Crippen molar-refractivity contribution in [1.82, 2.24) is 4.98 Å². The molecule has 19 heavy (non-hydrogen) atoms. The van der Waals surface area contributed by atoms with E-state index in [2.05, 4.69) is 4.98 Å². The molecule has 1 heterocycles. The van der Waals surface area contributed by atoms with E-state index in [0.717, 1.165) is 12.1 Å². The van der Waals surface area contributed by atoms with Crippen molar-refractivity contribution >= 4 is 29.0 Å². The molecule has 7 heteroatoms. The SMILES string of the molecule is Nc1cc(C(F)(F)F)cc(-c2cc(Cl)ccc2Cl)n1. The molecular weight excluding hydrogens is 300 g/mol. The van der Waals surface area contributed by atoms with Gasteiger partial charge in [0.15, 0.2) is 0 Å². The Morgan fingerprint density at radius 1 is 1.05 bits per heavy atom. The summed E-state index contributed by atoms with van der Waals surface area (Å²) in [6.45, 7) is 0. The van der Waals surface area contributed by atoms with Gasteiger partial charge in [0.2, 0.25) is 0 Å². The summed E-state index contributed by atoms with van der Waals surface area (Å²) in [6, 6.07) is 6.10. The van der Waals surface area contributed by atoms with Crippen LogP contribution < -0.4 is 5.73 Å². The maximum atomic E-state index is 12.7. The van der Waals surface area contributed by atoms with Crippen LogP contribution in [0.2, 0.25) is 10.0 Å². The third-order valence-corrected chi connectivity index (χ3v) is 2.94. The molecule has 0 atom stereocenters.